The van der Waals surface area contributed by atoms with Crippen molar-refractivity contribution in [2.45, 2.75) is 33.2 Å². The van der Waals surface area contributed by atoms with E-state index in [-0.39, 0.29) is 23.7 Å². The summed E-state index contributed by atoms with van der Waals surface area (Å²) in [6, 6.07) is 0.222. The molecule has 1 unspecified atom stereocenters. The Balaban J connectivity index is 1.70. The largest absolute Gasteiger partial charge is 0.339 e. The van der Waals surface area contributed by atoms with Crippen molar-refractivity contribution in [1.82, 2.24) is 19.9 Å². The Morgan fingerprint density at radius 1 is 1.30 bits per heavy atom. The van der Waals surface area contributed by atoms with E-state index in [1.165, 1.54) is 0 Å². The fourth-order valence-corrected chi connectivity index (χ4v) is 2.74. The molecule has 3 aliphatic heterocycles. The molecule has 110 valence electrons. The predicted molar refractivity (Wildman–Crippen MR) is 73.2 cm³/mol. The topological polar surface area (TPSA) is 62.5 Å². The van der Waals surface area contributed by atoms with Crippen molar-refractivity contribution in [2.75, 3.05) is 32.7 Å². The van der Waals surface area contributed by atoms with E-state index in [2.05, 4.69) is 19.9 Å². The molecular formula is C14H22N4O2. The molecule has 6 heteroatoms. The fourth-order valence-electron chi connectivity index (χ4n) is 2.74. The van der Waals surface area contributed by atoms with Crippen LogP contribution in [-0.2, 0) is 11.2 Å². The van der Waals surface area contributed by atoms with Crippen LogP contribution in [0, 0.1) is 5.41 Å². The van der Waals surface area contributed by atoms with E-state index in [0.29, 0.717) is 5.89 Å². The van der Waals surface area contributed by atoms with Crippen LogP contribution in [-0.4, -0.2) is 58.4 Å². The number of hydrogen-bond acceptors (Lipinski definition) is 6. The van der Waals surface area contributed by atoms with Gasteiger partial charge in [0.2, 0.25) is 5.89 Å². The highest BCUT2D eigenvalue weighted by Gasteiger charge is 2.35. The lowest BCUT2D eigenvalue weighted by Crippen LogP contribution is -2.57. The normalized spacial score (nSPS) is 29.6. The molecule has 3 fully saturated rings. The zero-order valence-electron chi connectivity index (χ0n) is 12.4. The number of rotatable bonds is 3. The number of carbonyl (C=O) groups is 1. The molecule has 20 heavy (non-hydrogen) atoms. The highest BCUT2D eigenvalue weighted by atomic mass is 16.5. The molecule has 0 aliphatic carbocycles. The predicted octanol–water partition coefficient (Wildman–Crippen LogP) is 0.900. The Hall–Kier alpha value is -1.27. The van der Waals surface area contributed by atoms with Crippen molar-refractivity contribution in [3.05, 3.63) is 11.7 Å². The molecule has 0 saturated carbocycles. The lowest BCUT2D eigenvalue weighted by atomic mass is 9.89. The van der Waals surface area contributed by atoms with Gasteiger partial charge < -0.3 is 4.52 Å². The average Bonchev–Trinajstić information content (AvgIpc) is 2.87. The standard InChI is InChI=1S/C14H22N4O2/c1-14(2,3)11(19)8-12-15-13(16-20-12)10-9-17-4-6-18(10)7-5-17/h10H,4-9H2,1-3H3. The Kier molecular flexibility index (Phi) is 3.38. The third kappa shape index (κ3) is 2.62. The molecule has 3 saturated heterocycles. The Bertz CT molecular complexity index is 498. The lowest BCUT2D eigenvalue weighted by Gasteiger charge is -2.46. The quantitative estimate of drug-likeness (QED) is 0.818. The molecule has 0 aromatic carbocycles. The summed E-state index contributed by atoms with van der Waals surface area (Å²) in [6.45, 7) is 11.1. The Morgan fingerprint density at radius 3 is 2.55 bits per heavy atom. The number of Topliss-reactive ketones (excluding diaryl/α,β-unsaturated/α-hetero) is 1. The molecule has 4 rings (SSSR count). The van der Waals surface area contributed by atoms with Crippen LogP contribution >= 0.6 is 0 Å². The number of piperazine rings is 3. The van der Waals surface area contributed by atoms with Gasteiger partial charge in [-0.1, -0.05) is 25.9 Å². The Labute approximate surface area is 119 Å². The first kappa shape index (κ1) is 13.7. The van der Waals surface area contributed by atoms with E-state index in [1.54, 1.807) is 0 Å². The summed E-state index contributed by atoms with van der Waals surface area (Å²) in [6.07, 6.45) is 0.229. The van der Waals surface area contributed by atoms with E-state index in [4.69, 9.17) is 4.52 Å². The van der Waals surface area contributed by atoms with Crippen LogP contribution in [0.15, 0.2) is 4.52 Å². The molecule has 0 radical (unpaired) electrons. The van der Waals surface area contributed by atoms with Gasteiger partial charge in [-0.3, -0.25) is 14.6 Å². The Morgan fingerprint density at radius 2 is 2.00 bits per heavy atom. The summed E-state index contributed by atoms with van der Waals surface area (Å²) >= 11 is 0. The van der Waals surface area contributed by atoms with Gasteiger partial charge in [0.05, 0.1) is 12.5 Å². The second-order valence-corrected chi connectivity index (χ2v) is 6.75. The number of nitrogens with zero attached hydrogens (tertiary/aromatic N) is 4. The molecule has 1 aromatic heterocycles. The first-order chi connectivity index (χ1) is 9.43. The van der Waals surface area contributed by atoms with Crippen LogP contribution in [0.2, 0.25) is 0 Å². The highest BCUT2D eigenvalue weighted by Crippen LogP contribution is 2.27. The number of carbonyl (C=O) groups excluding carboxylic acids is 1. The molecule has 0 spiro atoms. The van der Waals surface area contributed by atoms with Crippen LogP contribution < -0.4 is 0 Å². The van der Waals surface area contributed by atoms with E-state index in [1.807, 2.05) is 20.8 Å². The third-order valence-corrected chi connectivity index (χ3v) is 4.21. The van der Waals surface area contributed by atoms with Crippen LogP contribution in [0.25, 0.3) is 0 Å². The van der Waals surface area contributed by atoms with Crippen LogP contribution in [0.1, 0.15) is 38.5 Å². The molecular weight excluding hydrogens is 256 g/mol. The summed E-state index contributed by atoms with van der Waals surface area (Å²) in [5.41, 5.74) is -0.367. The van der Waals surface area contributed by atoms with E-state index in [9.17, 15) is 4.79 Å². The van der Waals surface area contributed by atoms with Crippen molar-refractivity contribution < 1.29 is 9.32 Å². The summed E-state index contributed by atoms with van der Waals surface area (Å²) in [7, 11) is 0. The number of ketones is 1. The fraction of sp³-hybridized carbons (Fsp3) is 0.786. The number of aromatic nitrogens is 2. The summed E-state index contributed by atoms with van der Waals surface area (Å²) < 4.78 is 5.26. The summed E-state index contributed by atoms with van der Waals surface area (Å²) in [4.78, 5) is 21.3. The van der Waals surface area contributed by atoms with Crippen LogP contribution in [0.3, 0.4) is 0 Å². The van der Waals surface area contributed by atoms with Gasteiger partial charge in [0.25, 0.3) is 0 Å². The molecule has 3 aliphatic rings. The van der Waals surface area contributed by atoms with Gasteiger partial charge >= 0.3 is 0 Å². The second kappa shape index (κ2) is 4.93. The van der Waals surface area contributed by atoms with E-state index >= 15 is 0 Å². The van der Waals surface area contributed by atoms with Crippen LogP contribution in [0.5, 0.6) is 0 Å². The maximum Gasteiger partial charge on any atom is 0.234 e. The summed E-state index contributed by atoms with van der Waals surface area (Å²) in [5, 5.41) is 4.09. The minimum Gasteiger partial charge on any atom is -0.339 e. The van der Waals surface area contributed by atoms with Crippen LogP contribution in [0.4, 0.5) is 0 Å². The molecule has 4 heterocycles. The van der Waals surface area contributed by atoms with Crippen molar-refractivity contribution in [3.8, 4) is 0 Å². The number of hydrogen-bond donors (Lipinski definition) is 0. The lowest BCUT2D eigenvalue weighted by molar-refractivity contribution is -0.125. The molecule has 1 aromatic rings. The maximum atomic E-state index is 12.0. The van der Waals surface area contributed by atoms with Crippen molar-refractivity contribution >= 4 is 5.78 Å². The van der Waals surface area contributed by atoms with Crippen molar-refractivity contribution in [3.63, 3.8) is 0 Å². The zero-order chi connectivity index (χ0) is 14.3. The first-order valence-electron chi connectivity index (χ1n) is 7.26. The second-order valence-electron chi connectivity index (χ2n) is 6.75. The minimum absolute atomic E-state index is 0.127. The first-order valence-corrected chi connectivity index (χ1v) is 7.26. The molecule has 0 N–H and O–H groups in total. The average molecular weight is 278 g/mol. The van der Waals surface area contributed by atoms with Gasteiger partial charge in [-0.05, 0) is 0 Å². The van der Waals surface area contributed by atoms with Gasteiger partial charge in [0, 0.05) is 38.1 Å². The van der Waals surface area contributed by atoms with Gasteiger partial charge in [-0.25, -0.2) is 0 Å². The highest BCUT2D eigenvalue weighted by molar-refractivity contribution is 5.84. The van der Waals surface area contributed by atoms with Gasteiger partial charge in [0.1, 0.15) is 5.78 Å². The third-order valence-electron chi connectivity index (χ3n) is 4.21. The molecule has 6 nitrogen and oxygen atoms in total. The van der Waals surface area contributed by atoms with Crippen molar-refractivity contribution in [2.24, 2.45) is 5.41 Å². The number of fused-ring (bicyclic) bond motifs is 3. The monoisotopic (exact) mass is 278 g/mol. The molecule has 2 bridgehead atoms. The minimum atomic E-state index is -0.367. The van der Waals surface area contributed by atoms with Crippen molar-refractivity contribution in [1.29, 1.82) is 0 Å². The van der Waals surface area contributed by atoms with Gasteiger partial charge in [-0.2, -0.15) is 4.98 Å². The summed E-state index contributed by atoms with van der Waals surface area (Å²) in [5.74, 6) is 1.30. The van der Waals surface area contributed by atoms with E-state index in [0.717, 1.165) is 38.5 Å². The van der Waals surface area contributed by atoms with Gasteiger partial charge in [0.15, 0.2) is 5.82 Å². The van der Waals surface area contributed by atoms with E-state index < -0.39 is 0 Å². The smallest absolute Gasteiger partial charge is 0.234 e. The SMILES string of the molecule is CC(C)(C)C(=O)Cc1nc(C2CN3CCN2CC3)no1. The van der Waals surface area contributed by atoms with Gasteiger partial charge in [-0.15, -0.1) is 0 Å². The maximum absolute atomic E-state index is 12.0. The zero-order valence-corrected chi connectivity index (χ0v) is 12.4. The molecule has 0 amide bonds. The molecule has 1 atom stereocenters.